The highest BCUT2D eigenvalue weighted by Gasteiger charge is 2.29. The summed E-state index contributed by atoms with van der Waals surface area (Å²) in [7, 11) is 0. The summed E-state index contributed by atoms with van der Waals surface area (Å²) in [5, 5.41) is 0. The first-order valence-electron chi connectivity index (χ1n) is 8.11. The van der Waals surface area contributed by atoms with Crippen molar-refractivity contribution in [2.24, 2.45) is 0 Å². The van der Waals surface area contributed by atoms with E-state index >= 15 is 0 Å². The summed E-state index contributed by atoms with van der Waals surface area (Å²) in [6.07, 6.45) is 7.33. The molecule has 0 bridgehead atoms. The van der Waals surface area contributed by atoms with Gasteiger partial charge in [0, 0.05) is 30.7 Å². The fourth-order valence-corrected chi connectivity index (χ4v) is 3.23. The van der Waals surface area contributed by atoms with Crippen molar-refractivity contribution < 1.29 is 0 Å². The van der Waals surface area contributed by atoms with Gasteiger partial charge in [-0.15, -0.1) is 0 Å². The van der Waals surface area contributed by atoms with Crippen LogP contribution in [0.2, 0.25) is 0 Å². The van der Waals surface area contributed by atoms with Crippen molar-refractivity contribution in [3.05, 3.63) is 48.1 Å². The lowest BCUT2D eigenvalue weighted by Crippen LogP contribution is -2.24. The van der Waals surface area contributed by atoms with Gasteiger partial charge in [-0.05, 0) is 32.8 Å². The van der Waals surface area contributed by atoms with Crippen molar-refractivity contribution in [2.45, 2.75) is 32.7 Å². The molecular formula is C17H19N7. The first-order valence-corrected chi connectivity index (χ1v) is 8.11. The molecule has 0 saturated carbocycles. The second-order valence-corrected chi connectivity index (χ2v) is 6.03. The van der Waals surface area contributed by atoms with Crippen LogP contribution in [0.1, 0.15) is 36.1 Å². The number of hydrogen-bond donors (Lipinski definition) is 1. The summed E-state index contributed by atoms with van der Waals surface area (Å²) >= 11 is 0. The monoisotopic (exact) mass is 321 g/mol. The van der Waals surface area contributed by atoms with Gasteiger partial charge in [-0.1, -0.05) is 0 Å². The fraction of sp³-hybridized carbons (Fsp3) is 0.353. The van der Waals surface area contributed by atoms with Crippen LogP contribution in [0.4, 0.5) is 5.82 Å². The molecule has 1 aliphatic rings. The first-order chi connectivity index (χ1) is 11.7. The van der Waals surface area contributed by atoms with Gasteiger partial charge in [-0.2, -0.15) is 0 Å². The number of imidazole rings is 1. The average Bonchev–Trinajstić information content (AvgIpc) is 3.26. The maximum Gasteiger partial charge on any atom is 0.156 e. The van der Waals surface area contributed by atoms with Crippen LogP contribution in [-0.4, -0.2) is 36.4 Å². The average molecular weight is 321 g/mol. The number of hydrogen-bond acceptors (Lipinski definition) is 6. The Morgan fingerprint density at radius 3 is 2.83 bits per heavy atom. The molecule has 4 heterocycles. The van der Waals surface area contributed by atoms with E-state index in [1.165, 1.54) is 0 Å². The third-order valence-electron chi connectivity index (χ3n) is 4.28. The molecule has 0 aromatic carbocycles. The fourth-order valence-electron chi connectivity index (χ4n) is 3.23. The smallest absolute Gasteiger partial charge is 0.156 e. The Balaban J connectivity index is 1.72. The Hall–Kier alpha value is -2.83. The predicted molar refractivity (Wildman–Crippen MR) is 90.4 cm³/mol. The van der Waals surface area contributed by atoms with Crippen LogP contribution < -0.4 is 4.90 Å². The van der Waals surface area contributed by atoms with E-state index in [4.69, 9.17) is 0 Å². The van der Waals surface area contributed by atoms with Crippen LogP contribution in [0, 0.1) is 13.8 Å². The lowest BCUT2D eigenvalue weighted by molar-refractivity contribution is 0.679. The van der Waals surface area contributed by atoms with E-state index in [-0.39, 0.29) is 6.04 Å². The van der Waals surface area contributed by atoms with E-state index < -0.39 is 0 Å². The van der Waals surface area contributed by atoms with E-state index in [0.717, 1.165) is 53.9 Å². The molecule has 7 nitrogen and oxygen atoms in total. The molecule has 1 atom stereocenters. The Morgan fingerprint density at radius 2 is 2.04 bits per heavy atom. The largest absolute Gasteiger partial charge is 0.348 e. The summed E-state index contributed by atoms with van der Waals surface area (Å²) in [6, 6.07) is 4.26. The summed E-state index contributed by atoms with van der Waals surface area (Å²) in [4.78, 5) is 27.6. The third kappa shape index (κ3) is 2.73. The van der Waals surface area contributed by atoms with Gasteiger partial charge < -0.3 is 9.88 Å². The van der Waals surface area contributed by atoms with Crippen molar-refractivity contribution in [3.63, 3.8) is 0 Å². The zero-order chi connectivity index (χ0) is 16.5. The quantitative estimate of drug-likeness (QED) is 0.798. The minimum Gasteiger partial charge on any atom is -0.348 e. The summed E-state index contributed by atoms with van der Waals surface area (Å²) < 4.78 is 0. The Labute approximate surface area is 140 Å². The van der Waals surface area contributed by atoms with E-state index in [9.17, 15) is 0 Å². The number of H-pyrrole nitrogens is 1. The van der Waals surface area contributed by atoms with E-state index in [1.807, 2.05) is 26.0 Å². The second-order valence-electron chi connectivity index (χ2n) is 6.03. The normalized spacial score (nSPS) is 17.4. The molecule has 3 aromatic rings. The number of nitrogens with one attached hydrogen (secondary N) is 1. The van der Waals surface area contributed by atoms with Gasteiger partial charge in [0.05, 0.1) is 11.7 Å². The molecule has 1 saturated heterocycles. The highest BCUT2D eigenvalue weighted by molar-refractivity contribution is 5.51. The van der Waals surface area contributed by atoms with Gasteiger partial charge in [-0.25, -0.2) is 24.9 Å². The van der Waals surface area contributed by atoms with Crippen molar-refractivity contribution in [1.82, 2.24) is 29.9 Å². The number of rotatable bonds is 3. The van der Waals surface area contributed by atoms with E-state index in [0.29, 0.717) is 0 Å². The van der Waals surface area contributed by atoms with Gasteiger partial charge in [0.1, 0.15) is 23.7 Å². The van der Waals surface area contributed by atoms with Gasteiger partial charge in [0.2, 0.25) is 0 Å². The van der Waals surface area contributed by atoms with Crippen molar-refractivity contribution >= 4 is 5.82 Å². The molecule has 3 aromatic heterocycles. The van der Waals surface area contributed by atoms with Crippen LogP contribution in [0.3, 0.4) is 0 Å². The Bertz CT molecular complexity index is 844. The van der Waals surface area contributed by atoms with Crippen LogP contribution in [0.25, 0.3) is 11.5 Å². The van der Waals surface area contributed by atoms with E-state index in [2.05, 4.69) is 34.8 Å². The van der Waals surface area contributed by atoms with Gasteiger partial charge in [-0.3, -0.25) is 0 Å². The van der Waals surface area contributed by atoms with Gasteiger partial charge >= 0.3 is 0 Å². The van der Waals surface area contributed by atoms with Crippen LogP contribution >= 0.6 is 0 Å². The van der Waals surface area contributed by atoms with Crippen molar-refractivity contribution in [3.8, 4) is 11.5 Å². The molecule has 1 N–H and O–H groups in total. The highest BCUT2D eigenvalue weighted by Crippen LogP contribution is 2.35. The summed E-state index contributed by atoms with van der Waals surface area (Å²) in [6.45, 7) is 4.88. The summed E-state index contributed by atoms with van der Waals surface area (Å²) in [5.74, 6) is 2.48. The zero-order valence-electron chi connectivity index (χ0n) is 13.8. The number of aromatic nitrogens is 6. The number of nitrogens with zero attached hydrogens (tertiary/aromatic N) is 6. The molecule has 24 heavy (non-hydrogen) atoms. The predicted octanol–water partition coefficient (Wildman–Crippen LogP) is 2.62. The summed E-state index contributed by atoms with van der Waals surface area (Å²) in [5.41, 5.74) is 2.82. The molecule has 0 radical (unpaired) electrons. The molecule has 0 aliphatic carbocycles. The molecular weight excluding hydrogens is 302 g/mol. The van der Waals surface area contributed by atoms with Crippen LogP contribution in [0.15, 0.2) is 30.9 Å². The van der Waals surface area contributed by atoms with Gasteiger partial charge in [0.15, 0.2) is 5.82 Å². The van der Waals surface area contributed by atoms with Crippen LogP contribution in [-0.2, 0) is 0 Å². The van der Waals surface area contributed by atoms with Crippen molar-refractivity contribution in [2.75, 3.05) is 11.4 Å². The highest BCUT2D eigenvalue weighted by atomic mass is 15.2. The molecule has 1 fully saturated rings. The molecule has 7 heteroatoms. The number of aromatic amines is 1. The second kappa shape index (κ2) is 5.99. The topological polar surface area (TPSA) is 83.5 Å². The molecule has 122 valence electrons. The maximum absolute atomic E-state index is 4.69. The SMILES string of the molecule is Cc1cc(N2CCC[C@H]2c2cc(-c3ncc[nH]3)nc(C)n2)ncn1. The van der Waals surface area contributed by atoms with Crippen LogP contribution in [0.5, 0.6) is 0 Å². The van der Waals surface area contributed by atoms with Crippen molar-refractivity contribution in [1.29, 1.82) is 0 Å². The first kappa shape index (κ1) is 14.7. The third-order valence-corrected chi connectivity index (χ3v) is 4.28. The molecule has 0 spiro atoms. The number of aryl methyl sites for hydroxylation is 2. The van der Waals surface area contributed by atoms with E-state index in [1.54, 1.807) is 18.7 Å². The Kier molecular flexibility index (Phi) is 3.68. The molecule has 1 aliphatic heterocycles. The minimum atomic E-state index is 0.203. The molecule has 4 rings (SSSR count). The number of anilines is 1. The molecule has 0 amide bonds. The lowest BCUT2D eigenvalue weighted by atomic mass is 10.1. The zero-order valence-corrected chi connectivity index (χ0v) is 13.8. The Morgan fingerprint density at radius 1 is 1.12 bits per heavy atom. The maximum atomic E-state index is 4.69. The standard InChI is InChI=1S/C17H19N7/c1-11-8-16(21-10-20-11)24-7-3-4-15(24)13-9-14(23-12(2)22-13)17-18-5-6-19-17/h5-6,8-10,15H,3-4,7H2,1-2H3,(H,18,19)/t15-/m0/s1. The lowest BCUT2D eigenvalue weighted by Gasteiger charge is -2.25. The van der Waals surface area contributed by atoms with Gasteiger partial charge in [0.25, 0.3) is 0 Å². The molecule has 0 unspecified atom stereocenters. The minimum absolute atomic E-state index is 0.203.